The first kappa shape index (κ1) is 13.6. The Morgan fingerprint density at radius 2 is 1.72 bits per heavy atom. The lowest BCUT2D eigenvalue weighted by Gasteiger charge is -2.24. The molecule has 1 aromatic rings. The number of hydrogen-bond acceptors (Lipinski definition) is 2. The highest BCUT2D eigenvalue weighted by Crippen LogP contribution is 2.20. The van der Waals surface area contributed by atoms with Gasteiger partial charge in [0.1, 0.15) is 0 Å². The molecule has 0 aliphatic heterocycles. The second-order valence-electron chi connectivity index (χ2n) is 5.68. The highest BCUT2D eigenvalue weighted by molar-refractivity contribution is 5.30. The molecule has 2 heteroatoms. The van der Waals surface area contributed by atoms with Gasteiger partial charge in [-0.2, -0.15) is 0 Å². The monoisotopic (exact) mass is 247 g/mol. The number of aryl methyl sites for hydroxylation is 2. The summed E-state index contributed by atoms with van der Waals surface area (Å²) >= 11 is 0. The molecule has 2 rings (SSSR count). The van der Waals surface area contributed by atoms with Crippen LogP contribution in [0.5, 0.6) is 0 Å². The highest BCUT2D eigenvalue weighted by atomic mass is 16.3. The first-order valence-corrected chi connectivity index (χ1v) is 7.15. The molecule has 0 amide bonds. The Hall–Kier alpha value is -0.860. The van der Waals surface area contributed by atoms with Crippen LogP contribution in [0.3, 0.4) is 0 Å². The van der Waals surface area contributed by atoms with Gasteiger partial charge in [-0.25, -0.2) is 0 Å². The molecule has 0 heterocycles. The summed E-state index contributed by atoms with van der Waals surface area (Å²) in [6.45, 7) is 4.84. The van der Waals surface area contributed by atoms with Gasteiger partial charge in [0, 0.05) is 12.6 Å². The van der Waals surface area contributed by atoms with Crippen molar-refractivity contribution in [2.75, 3.05) is 6.54 Å². The van der Waals surface area contributed by atoms with Gasteiger partial charge in [-0.1, -0.05) is 48.6 Å². The van der Waals surface area contributed by atoms with E-state index in [1.54, 1.807) is 0 Å². The molecule has 1 fully saturated rings. The molecule has 2 nitrogen and oxygen atoms in total. The van der Waals surface area contributed by atoms with Crippen LogP contribution in [0, 0.1) is 13.8 Å². The number of aliphatic hydroxyl groups is 1. The molecule has 1 aliphatic carbocycles. The molecule has 1 aliphatic rings. The zero-order valence-electron chi connectivity index (χ0n) is 11.6. The minimum absolute atomic E-state index is 0.384. The molecule has 1 aromatic carbocycles. The third kappa shape index (κ3) is 3.82. The van der Waals surface area contributed by atoms with E-state index in [1.807, 2.05) is 0 Å². The van der Waals surface area contributed by atoms with Crippen LogP contribution in [-0.4, -0.2) is 17.7 Å². The normalized spacial score (nSPS) is 18.8. The minimum Gasteiger partial charge on any atom is -0.387 e. The van der Waals surface area contributed by atoms with Crippen LogP contribution in [0.1, 0.15) is 54.9 Å². The van der Waals surface area contributed by atoms with Crippen molar-refractivity contribution in [3.8, 4) is 0 Å². The predicted octanol–water partition coefficient (Wildman–Crippen LogP) is 3.26. The molecule has 0 spiro atoms. The lowest BCUT2D eigenvalue weighted by Crippen LogP contribution is -2.34. The van der Waals surface area contributed by atoms with Crippen LogP contribution in [0.2, 0.25) is 0 Å². The molecular weight excluding hydrogens is 222 g/mol. The number of rotatable bonds is 4. The zero-order chi connectivity index (χ0) is 13.0. The molecule has 1 saturated carbocycles. The van der Waals surface area contributed by atoms with E-state index in [-0.39, 0.29) is 6.10 Å². The molecule has 0 aromatic heterocycles. The average molecular weight is 247 g/mol. The first-order chi connectivity index (χ1) is 8.65. The standard InChI is InChI=1S/C16H25NO/c1-12-8-13(2)10-14(9-12)16(18)11-17-15-6-4-3-5-7-15/h8-10,15-18H,3-7,11H2,1-2H3. The van der Waals surface area contributed by atoms with Gasteiger partial charge in [0.25, 0.3) is 0 Å². The Labute approximate surface area is 110 Å². The van der Waals surface area contributed by atoms with E-state index in [2.05, 4.69) is 37.4 Å². The van der Waals surface area contributed by atoms with Crippen molar-refractivity contribution in [3.63, 3.8) is 0 Å². The Morgan fingerprint density at radius 1 is 1.11 bits per heavy atom. The smallest absolute Gasteiger partial charge is 0.0914 e. The third-order valence-electron chi connectivity index (χ3n) is 3.83. The van der Waals surface area contributed by atoms with Gasteiger partial charge in [0.2, 0.25) is 0 Å². The van der Waals surface area contributed by atoms with Gasteiger partial charge in [0.15, 0.2) is 0 Å². The van der Waals surface area contributed by atoms with Crippen molar-refractivity contribution in [1.82, 2.24) is 5.32 Å². The number of benzene rings is 1. The van der Waals surface area contributed by atoms with E-state index in [0.29, 0.717) is 12.6 Å². The summed E-state index contributed by atoms with van der Waals surface area (Å²) in [5.41, 5.74) is 3.49. The van der Waals surface area contributed by atoms with Gasteiger partial charge >= 0.3 is 0 Å². The van der Waals surface area contributed by atoms with Crippen LogP contribution in [0.4, 0.5) is 0 Å². The number of aliphatic hydroxyl groups excluding tert-OH is 1. The SMILES string of the molecule is Cc1cc(C)cc(C(O)CNC2CCCCC2)c1. The minimum atomic E-state index is -0.384. The molecule has 0 bridgehead atoms. The van der Waals surface area contributed by atoms with Crippen LogP contribution in [0.25, 0.3) is 0 Å². The van der Waals surface area contributed by atoms with Crippen molar-refractivity contribution < 1.29 is 5.11 Å². The maximum atomic E-state index is 10.2. The fraction of sp³-hybridized carbons (Fsp3) is 0.625. The van der Waals surface area contributed by atoms with E-state index < -0.39 is 0 Å². The van der Waals surface area contributed by atoms with E-state index >= 15 is 0 Å². The summed E-state index contributed by atoms with van der Waals surface area (Å²) in [5.74, 6) is 0. The van der Waals surface area contributed by atoms with Crippen molar-refractivity contribution >= 4 is 0 Å². The lowest BCUT2D eigenvalue weighted by atomic mass is 9.95. The maximum absolute atomic E-state index is 10.2. The maximum Gasteiger partial charge on any atom is 0.0914 e. The van der Waals surface area contributed by atoms with Gasteiger partial charge in [-0.3, -0.25) is 0 Å². The Balaban J connectivity index is 1.88. The molecule has 1 unspecified atom stereocenters. The van der Waals surface area contributed by atoms with Crippen molar-refractivity contribution in [2.45, 2.75) is 58.1 Å². The summed E-state index contributed by atoms with van der Waals surface area (Å²) in [7, 11) is 0. The Bertz CT molecular complexity index is 362. The Morgan fingerprint density at radius 3 is 2.33 bits per heavy atom. The van der Waals surface area contributed by atoms with E-state index in [0.717, 1.165) is 5.56 Å². The summed E-state index contributed by atoms with van der Waals surface area (Å²) < 4.78 is 0. The average Bonchev–Trinajstić information content (AvgIpc) is 2.36. The van der Waals surface area contributed by atoms with Gasteiger partial charge < -0.3 is 10.4 Å². The Kier molecular flexibility index (Phi) is 4.79. The molecule has 100 valence electrons. The summed E-state index contributed by atoms with van der Waals surface area (Å²) in [6, 6.07) is 6.92. The third-order valence-corrected chi connectivity index (χ3v) is 3.83. The lowest BCUT2D eigenvalue weighted by molar-refractivity contribution is 0.165. The fourth-order valence-corrected chi connectivity index (χ4v) is 2.91. The summed E-state index contributed by atoms with van der Waals surface area (Å²) in [4.78, 5) is 0. The molecular formula is C16H25NO. The van der Waals surface area contributed by atoms with E-state index in [1.165, 1.54) is 43.2 Å². The largest absolute Gasteiger partial charge is 0.387 e. The van der Waals surface area contributed by atoms with Crippen LogP contribution < -0.4 is 5.32 Å². The fourth-order valence-electron chi connectivity index (χ4n) is 2.91. The number of nitrogens with one attached hydrogen (secondary N) is 1. The second kappa shape index (κ2) is 6.35. The molecule has 0 saturated heterocycles. The zero-order valence-corrected chi connectivity index (χ0v) is 11.6. The highest BCUT2D eigenvalue weighted by Gasteiger charge is 2.15. The van der Waals surface area contributed by atoms with E-state index in [4.69, 9.17) is 0 Å². The first-order valence-electron chi connectivity index (χ1n) is 7.15. The predicted molar refractivity (Wildman–Crippen MR) is 75.8 cm³/mol. The van der Waals surface area contributed by atoms with Crippen LogP contribution in [0.15, 0.2) is 18.2 Å². The molecule has 18 heavy (non-hydrogen) atoms. The second-order valence-corrected chi connectivity index (χ2v) is 5.68. The van der Waals surface area contributed by atoms with Crippen LogP contribution in [-0.2, 0) is 0 Å². The van der Waals surface area contributed by atoms with Crippen molar-refractivity contribution in [3.05, 3.63) is 34.9 Å². The summed E-state index contributed by atoms with van der Waals surface area (Å²) in [6.07, 6.45) is 6.18. The van der Waals surface area contributed by atoms with Crippen LogP contribution >= 0.6 is 0 Å². The van der Waals surface area contributed by atoms with Gasteiger partial charge in [-0.15, -0.1) is 0 Å². The summed E-state index contributed by atoms with van der Waals surface area (Å²) in [5, 5.41) is 13.7. The van der Waals surface area contributed by atoms with Crippen molar-refractivity contribution in [2.24, 2.45) is 0 Å². The van der Waals surface area contributed by atoms with Crippen molar-refractivity contribution in [1.29, 1.82) is 0 Å². The van der Waals surface area contributed by atoms with E-state index in [9.17, 15) is 5.11 Å². The molecule has 2 N–H and O–H groups in total. The molecule has 0 radical (unpaired) electrons. The van der Waals surface area contributed by atoms with Gasteiger partial charge in [0.05, 0.1) is 6.10 Å². The topological polar surface area (TPSA) is 32.3 Å². The quantitative estimate of drug-likeness (QED) is 0.856. The number of hydrogen-bond donors (Lipinski definition) is 2. The van der Waals surface area contributed by atoms with Gasteiger partial charge in [-0.05, 0) is 32.3 Å². The molecule has 1 atom stereocenters.